The van der Waals surface area contributed by atoms with E-state index in [1.54, 1.807) is 0 Å². The van der Waals surface area contributed by atoms with Crippen LogP contribution in [0.25, 0.3) is 0 Å². The summed E-state index contributed by atoms with van der Waals surface area (Å²) < 4.78 is 13.6. The summed E-state index contributed by atoms with van der Waals surface area (Å²) in [6.45, 7) is 4.79. The molecule has 0 bridgehead atoms. The number of benzene rings is 1. The highest BCUT2D eigenvalue weighted by Gasteiger charge is 2.10. The second-order valence-corrected chi connectivity index (χ2v) is 4.92. The fourth-order valence-corrected chi connectivity index (χ4v) is 1.67. The Morgan fingerprint density at radius 2 is 2.19 bits per heavy atom. The highest BCUT2D eigenvalue weighted by molar-refractivity contribution is 9.10. The maximum Gasteiger partial charge on any atom is 0.252 e. The van der Waals surface area contributed by atoms with Crippen LogP contribution in [0.15, 0.2) is 22.7 Å². The van der Waals surface area contributed by atoms with E-state index in [0.29, 0.717) is 22.5 Å². The number of halogens is 2. The quantitative estimate of drug-likeness (QED) is 0.904. The highest BCUT2D eigenvalue weighted by atomic mass is 79.9. The van der Waals surface area contributed by atoms with Crippen LogP contribution in [-0.2, 0) is 0 Å². The summed E-state index contributed by atoms with van der Waals surface area (Å²) in [6, 6.07) is 4.08. The fourth-order valence-electron chi connectivity index (χ4n) is 1.24. The van der Waals surface area contributed by atoms with E-state index in [4.69, 9.17) is 0 Å². The Morgan fingerprint density at radius 3 is 2.81 bits per heavy atom. The molecule has 0 aliphatic rings. The van der Waals surface area contributed by atoms with Crippen LogP contribution in [0, 0.1) is 11.7 Å². The molecule has 0 aromatic heterocycles. The lowest BCUT2D eigenvalue weighted by Crippen LogP contribution is -2.25. The topological polar surface area (TPSA) is 29.1 Å². The van der Waals surface area contributed by atoms with Gasteiger partial charge in [0, 0.05) is 11.0 Å². The molecule has 0 saturated heterocycles. The largest absolute Gasteiger partial charge is 0.352 e. The molecule has 0 saturated carbocycles. The average Bonchev–Trinajstić information content (AvgIpc) is 2.21. The van der Waals surface area contributed by atoms with Crippen LogP contribution in [0.2, 0.25) is 0 Å². The van der Waals surface area contributed by atoms with Gasteiger partial charge in [-0.15, -0.1) is 0 Å². The third-order valence-corrected chi connectivity index (χ3v) is 2.87. The Balaban J connectivity index is 2.62. The van der Waals surface area contributed by atoms with Crippen LogP contribution in [0.3, 0.4) is 0 Å². The Morgan fingerprint density at radius 1 is 1.50 bits per heavy atom. The van der Waals surface area contributed by atoms with Gasteiger partial charge in [-0.3, -0.25) is 4.79 Å². The van der Waals surface area contributed by atoms with Gasteiger partial charge < -0.3 is 5.32 Å². The van der Waals surface area contributed by atoms with E-state index in [2.05, 4.69) is 35.1 Å². The summed E-state index contributed by atoms with van der Waals surface area (Å²) in [6.07, 6.45) is 0.915. The molecule has 0 aliphatic heterocycles. The first-order chi connectivity index (χ1) is 7.50. The average molecular weight is 288 g/mol. The third-order valence-electron chi connectivity index (χ3n) is 2.18. The standard InChI is InChI=1S/C12H15BrFNO/c1-8(2)5-6-15-12(16)10-7-9(14)3-4-11(10)13/h3-4,7-8H,5-6H2,1-2H3,(H,15,16). The molecule has 1 rings (SSSR count). The van der Waals surface area contributed by atoms with Crippen molar-refractivity contribution in [2.24, 2.45) is 5.92 Å². The Bertz CT molecular complexity index is 379. The Labute approximate surface area is 103 Å². The second kappa shape index (κ2) is 5.99. The van der Waals surface area contributed by atoms with E-state index in [9.17, 15) is 9.18 Å². The SMILES string of the molecule is CC(C)CCNC(=O)c1cc(F)ccc1Br. The number of carbonyl (C=O) groups excluding carboxylic acids is 1. The molecule has 0 radical (unpaired) electrons. The lowest BCUT2D eigenvalue weighted by molar-refractivity contribution is 0.0951. The number of amides is 1. The monoisotopic (exact) mass is 287 g/mol. The molecule has 0 fully saturated rings. The van der Waals surface area contributed by atoms with E-state index in [-0.39, 0.29) is 5.91 Å². The number of hydrogen-bond acceptors (Lipinski definition) is 1. The zero-order valence-electron chi connectivity index (χ0n) is 9.39. The van der Waals surface area contributed by atoms with Crippen molar-refractivity contribution in [3.63, 3.8) is 0 Å². The molecule has 4 heteroatoms. The Hall–Kier alpha value is -0.900. The van der Waals surface area contributed by atoms with Gasteiger partial charge in [0.15, 0.2) is 0 Å². The van der Waals surface area contributed by atoms with Crippen molar-refractivity contribution in [3.8, 4) is 0 Å². The van der Waals surface area contributed by atoms with Gasteiger partial charge in [-0.1, -0.05) is 13.8 Å². The summed E-state index contributed by atoms with van der Waals surface area (Å²) in [7, 11) is 0. The molecule has 0 unspecified atom stereocenters. The van der Waals surface area contributed by atoms with Crippen molar-refractivity contribution in [2.75, 3.05) is 6.54 Å². The number of carbonyl (C=O) groups is 1. The van der Waals surface area contributed by atoms with Crippen LogP contribution in [-0.4, -0.2) is 12.5 Å². The van der Waals surface area contributed by atoms with E-state index < -0.39 is 5.82 Å². The first-order valence-electron chi connectivity index (χ1n) is 5.24. The van der Waals surface area contributed by atoms with Crippen molar-refractivity contribution in [3.05, 3.63) is 34.1 Å². The summed E-state index contributed by atoms with van der Waals surface area (Å²) >= 11 is 3.22. The van der Waals surface area contributed by atoms with E-state index in [1.165, 1.54) is 18.2 Å². The van der Waals surface area contributed by atoms with E-state index in [0.717, 1.165) is 6.42 Å². The summed E-state index contributed by atoms with van der Waals surface area (Å²) in [5.41, 5.74) is 0.337. The van der Waals surface area contributed by atoms with Gasteiger partial charge in [0.1, 0.15) is 5.82 Å². The van der Waals surface area contributed by atoms with Crippen molar-refractivity contribution < 1.29 is 9.18 Å². The molecule has 0 aliphatic carbocycles. The molecule has 0 spiro atoms. The minimum absolute atomic E-state index is 0.243. The molecule has 2 nitrogen and oxygen atoms in total. The summed E-state index contributed by atoms with van der Waals surface area (Å²) in [5.74, 6) is -0.111. The van der Waals surface area contributed by atoms with Gasteiger partial charge in [0.05, 0.1) is 5.56 Å². The van der Waals surface area contributed by atoms with Crippen LogP contribution >= 0.6 is 15.9 Å². The predicted molar refractivity (Wildman–Crippen MR) is 65.9 cm³/mol. The molecule has 88 valence electrons. The molecular formula is C12H15BrFNO. The van der Waals surface area contributed by atoms with Gasteiger partial charge in [-0.05, 0) is 46.5 Å². The lowest BCUT2D eigenvalue weighted by atomic mass is 10.1. The minimum Gasteiger partial charge on any atom is -0.352 e. The maximum atomic E-state index is 13.0. The van der Waals surface area contributed by atoms with E-state index >= 15 is 0 Å². The first kappa shape index (κ1) is 13.2. The number of rotatable bonds is 4. The number of nitrogens with one attached hydrogen (secondary N) is 1. The van der Waals surface area contributed by atoms with Crippen LogP contribution in [0.4, 0.5) is 4.39 Å². The fraction of sp³-hybridized carbons (Fsp3) is 0.417. The van der Waals surface area contributed by atoms with Gasteiger partial charge in [-0.2, -0.15) is 0 Å². The normalized spacial score (nSPS) is 10.6. The molecular weight excluding hydrogens is 273 g/mol. The second-order valence-electron chi connectivity index (χ2n) is 4.06. The molecule has 0 atom stereocenters. The van der Waals surface area contributed by atoms with Crippen LogP contribution in [0.5, 0.6) is 0 Å². The Kier molecular flexibility index (Phi) is 4.93. The van der Waals surface area contributed by atoms with Gasteiger partial charge in [0.2, 0.25) is 0 Å². The molecule has 1 amide bonds. The van der Waals surface area contributed by atoms with Crippen molar-refractivity contribution in [1.29, 1.82) is 0 Å². The zero-order chi connectivity index (χ0) is 12.1. The van der Waals surface area contributed by atoms with Gasteiger partial charge in [0.25, 0.3) is 5.91 Å². The van der Waals surface area contributed by atoms with Crippen molar-refractivity contribution in [2.45, 2.75) is 20.3 Å². The smallest absolute Gasteiger partial charge is 0.252 e. The molecule has 0 heterocycles. The summed E-state index contributed by atoms with van der Waals surface area (Å²) in [4.78, 5) is 11.7. The van der Waals surface area contributed by atoms with Gasteiger partial charge >= 0.3 is 0 Å². The molecule has 1 aromatic rings. The van der Waals surface area contributed by atoms with E-state index in [1.807, 2.05) is 0 Å². The predicted octanol–water partition coefficient (Wildman–Crippen LogP) is 3.36. The van der Waals surface area contributed by atoms with Crippen LogP contribution < -0.4 is 5.32 Å². The summed E-state index contributed by atoms with van der Waals surface area (Å²) in [5, 5.41) is 2.76. The molecule has 1 aromatic carbocycles. The maximum absolute atomic E-state index is 13.0. The molecule has 1 N–H and O–H groups in total. The molecule has 16 heavy (non-hydrogen) atoms. The van der Waals surface area contributed by atoms with Crippen LogP contribution in [0.1, 0.15) is 30.6 Å². The lowest BCUT2D eigenvalue weighted by Gasteiger charge is -2.08. The number of hydrogen-bond donors (Lipinski definition) is 1. The third kappa shape index (κ3) is 3.93. The van der Waals surface area contributed by atoms with Crippen molar-refractivity contribution >= 4 is 21.8 Å². The highest BCUT2D eigenvalue weighted by Crippen LogP contribution is 2.17. The van der Waals surface area contributed by atoms with Crippen molar-refractivity contribution in [1.82, 2.24) is 5.32 Å². The zero-order valence-corrected chi connectivity index (χ0v) is 11.0. The first-order valence-corrected chi connectivity index (χ1v) is 6.03. The minimum atomic E-state index is -0.405. The van der Waals surface area contributed by atoms with Gasteiger partial charge in [-0.25, -0.2) is 4.39 Å².